The highest BCUT2D eigenvalue weighted by Crippen LogP contribution is 2.39. The maximum Gasteiger partial charge on any atom is 0.152 e. The second-order valence-electron chi connectivity index (χ2n) is 5.21. The molecule has 0 aromatic heterocycles. The first-order valence-electron chi connectivity index (χ1n) is 5.22. The molecule has 0 aromatic rings. The van der Waals surface area contributed by atoms with E-state index in [1.165, 1.54) is 0 Å². The largest absolute Gasteiger partial charge is 0.298 e. The van der Waals surface area contributed by atoms with Gasteiger partial charge in [0.2, 0.25) is 0 Å². The molecular formula is C13H20O. The van der Waals surface area contributed by atoms with Gasteiger partial charge >= 0.3 is 0 Å². The zero-order valence-corrected chi connectivity index (χ0v) is 9.79. The molecular weight excluding hydrogens is 172 g/mol. The first kappa shape index (κ1) is 11.2. The Kier molecular flexibility index (Phi) is 2.71. The summed E-state index contributed by atoms with van der Waals surface area (Å²) in [6, 6.07) is 0. The van der Waals surface area contributed by atoms with E-state index in [2.05, 4.69) is 13.8 Å². The minimum absolute atomic E-state index is 0.310. The number of hydrogen-bond donors (Lipinski definition) is 0. The summed E-state index contributed by atoms with van der Waals surface area (Å²) in [7, 11) is 0. The predicted octanol–water partition coefficient (Wildman–Crippen LogP) is 3.37. The molecule has 0 saturated heterocycles. The van der Waals surface area contributed by atoms with Gasteiger partial charge in [0.25, 0.3) is 0 Å². The van der Waals surface area contributed by atoms with Crippen molar-refractivity contribution in [1.82, 2.24) is 0 Å². The third kappa shape index (κ3) is 1.68. The normalized spacial score (nSPS) is 30.9. The maximum atomic E-state index is 12.3. The monoisotopic (exact) mass is 192 g/mol. The van der Waals surface area contributed by atoms with Crippen LogP contribution in [0, 0.1) is 16.7 Å². The average molecular weight is 192 g/mol. The van der Waals surface area contributed by atoms with Crippen LogP contribution in [0.15, 0.2) is 24.3 Å². The minimum Gasteiger partial charge on any atom is -0.298 e. The van der Waals surface area contributed by atoms with Crippen molar-refractivity contribution in [2.45, 2.75) is 34.6 Å². The summed E-state index contributed by atoms with van der Waals surface area (Å²) in [6.45, 7) is 10.2. The van der Waals surface area contributed by atoms with Gasteiger partial charge < -0.3 is 0 Å². The number of allylic oxidation sites excluding steroid dienone is 4. The van der Waals surface area contributed by atoms with Crippen LogP contribution < -0.4 is 0 Å². The molecule has 1 nitrogen and oxygen atoms in total. The molecule has 0 unspecified atom stereocenters. The molecule has 0 aromatic carbocycles. The Balaban J connectivity index is 3.18. The van der Waals surface area contributed by atoms with E-state index in [9.17, 15) is 4.79 Å². The second-order valence-corrected chi connectivity index (χ2v) is 5.21. The van der Waals surface area contributed by atoms with Crippen molar-refractivity contribution < 1.29 is 4.79 Å². The third-order valence-corrected chi connectivity index (χ3v) is 3.34. The summed E-state index contributed by atoms with van der Waals surface area (Å²) in [5.41, 5.74) is -0.671. The van der Waals surface area contributed by atoms with E-state index in [0.29, 0.717) is 11.7 Å². The lowest BCUT2D eigenvalue weighted by atomic mass is 9.67. The second kappa shape index (κ2) is 3.38. The molecule has 78 valence electrons. The number of hydrogen-bond acceptors (Lipinski definition) is 1. The molecule has 0 fully saturated rings. The summed E-state index contributed by atoms with van der Waals surface area (Å²) in [5.74, 6) is 0.649. The SMILES string of the molecule is CC(C)[C@@]1(C)C=CC=CC(C)(C)C1=O. The van der Waals surface area contributed by atoms with Gasteiger partial charge in [-0.25, -0.2) is 0 Å². The lowest BCUT2D eigenvalue weighted by Crippen LogP contribution is -2.39. The Morgan fingerprint density at radius 2 is 1.57 bits per heavy atom. The molecule has 0 radical (unpaired) electrons. The van der Waals surface area contributed by atoms with Gasteiger partial charge in [-0.15, -0.1) is 0 Å². The highest BCUT2D eigenvalue weighted by Gasteiger charge is 2.41. The zero-order chi connectivity index (χ0) is 11.0. The van der Waals surface area contributed by atoms with Crippen LogP contribution in [0.25, 0.3) is 0 Å². The fraction of sp³-hybridized carbons (Fsp3) is 0.615. The highest BCUT2D eigenvalue weighted by atomic mass is 16.1. The van der Waals surface area contributed by atoms with Crippen LogP contribution in [0.1, 0.15) is 34.6 Å². The van der Waals surface area contributed by atoms with Gasteiger partial charge in [-0.1, -0.05) is 38.2 Å². The van der Waals surface area contributed by atoms with E-state index in [4.69, 9.17) is 0 Å². The molecule has 0 heterocycles. The number of Topliss-reactive ketones (excluding diaryl/α,β-unsaturated/α-hetero) is 1. The van der Waals surface area contributed by atoms with Crippen molar-refractivity contribution >= 4 is 5.78 Å². The number of ketones is 1. The molecule has 1 atom stereocenters. The first-order valence-corrected chi connectivity index (χ1v) is 5.22. The smallest absolute Gasteiger partial charge is 0.152 e. The summed E-state index contributed by atoms with van der Waals surface area (Å²) >= 11 is 0. The van der Waals surface area contributed by atoms with Gasteiger partial charge in [0.15, 0.2) is 5.78 Å². The molecule has 1 heteroatoms. The molecule has 0 bridgehead atoms. The Hall–Kier alpha value is -0.850. The van der Waals surface area contributed by atoms with Gasteiger partial charge in [-0.05, 0) is 26.7 Å². The highest BCUT2D eigenvalue weighted by molar-refractivity contribution is 5.93. The van der Waals surface area contributed by atoms with Crippen molar-refractivity contribution in [3.63, 3.8) is 0 Å². The quantitative estimate of drug-likeness (QED) is 0.622. The van der Waals surface area contributed by atoms with Gasteiger partial charge in [0.05, 0.1) is 0 Å². The van der Waals surface area contributed by atoms with Crippen LogP contribution in [0.3, 0.4) is 0 Å². The molecule has 0 saturated carbocycles. The standard InChI is InChI=1S/C13H20O/c1-10(2)13(5)9-7-6-8-12(3,4)11(13)14/h6-10H,1-5H3/t13-/m1/s1. The Bertz CT molecular complexity index is 294. The van der Waals surface area contributed by atoms with Crippen LogP contribution in [0.5, 0.6) is 0 Å². The van der Waals surface area contributed by atoms with E-state index < -0.39 is 0 Å². The van der Waals surface area contributed by atoms with Crippen LogP contribution in [-0.4, -0.2) is 5.78 Å². The van der Waals surface area contributed by atoms with Crippen molar-refractivity contribution in [2.24, 2.45) is 16.7 Å². The summed E-state index contributed by atoms with van der Waals surface area (Å²) in [5, 5.41) is 0. The van der Waals surface area contributed by atoms with Crippen molar-refractivity contribution in [3.8, 4) is 0 Å². The molecule has 0 N–H and O–H groups in total. The molecule has 14 heavy (non-hydrogen) atoms. The molecule has 0 aliphatic heterocycles. The van der Waals surface area contributed by atoms with Gasteiger partial charge in [-0.3, -0.25) is 4.79 Å². The van der Waals surface area contributed by atoms with Gasteiger partial charge in [0.1, 0.15) is 0 Å². The predicted molar refractivity (Wildman–Crippen MR) is 60.0 cm³/mol. The van der Waals surface area contributed by atoms with E-state index in [1.54, 1.807) is 0 Å². The summed E-state index contributed by atoms with van der Waals surface area (Å²) in [4.78, 5) is 12.3. The first-order chi connectivity index (χ1) is 6.31. The molecule has 1 aliphatic rings. The lowest BCUT2D eigenvalue weighted by molar-refractivity contribution is -0.133. The maximum absolute atomic E-state index is 12.3. The van der Waals surface area contributed by atoms with E-state index in [1.807, 2.05) is 45.1 Å². The van der Waals surface area contributed by atoms with Crippen LogP contribution in [0.2, 0.25) is 0 Å². The third-order valence-electron chi connectivity index (χ3n) is 3.34. The number of rotatable bonds is 1. The number of carbonyl (C=O) groups excluding carboxylic acids is 1. The van der Waals surface area contributed by atoms with Crippen molar-refractivity contribution in [2.75, 3.05) is 0 Å². The fourth-order valence-corrected chi connectivity index (χ4v) is 1.85. The lowest BCUT2D eigenvalue weighted by Gasteiger charge is -2.34. The van der Waals surface area contributed by atoms with E-state index in [-0.39, 0.29) is 10.8 Å². The Labute approximate surface area is 86.9 Å². The Morgan fingerprint density at radius 3 is 2.07 bits per heavy atom. The van der Waals surface area contributed by atoms with Crippen molar-refractivity contribution in [1.29, 1.82) is 0 Å². The molecule has 0 amide bonds. The van der Waals surface area contributed by atoms with Gasteiger partial charge in [-0.2, -0.15) is 0 Å². The Morgan fingerprint density at radius 1 is 1.07 bits per heavy atom. The minimum atomic E-state index is -0.345. The van der Waals surface area contributed by atoms with E-state index in [0.717, 1.165) is 0 Å². The van der Waals surface area contributed by atoms with Crippen molar-refractivity contribution in [3.05, 3.63) is 24.3 Å². The topological polar surface area (TPSA) is 17.1 Å². The van der Waals surface area contributed by atoms with Crippen LogP contribution >= 0.6 is 0 Å². The van der Waals surface area contributed by atoms with Crippen LogP contribution in [0.4, 0.5) is 0 Å². The number of carbonyl (C=O) groups is 1. The average Bonchev–Trinajstić information content (AvgIpc) is 2.18. The summed E-state index contributed by atoms with van der Waals surface area (Å²) in [6.07, 6.45) is 7.99. The zero-order valence-electron chi connectivity index (χ0n) is 9.79. The molecule has 1 aliphatic carbocycles. The molecule has 1 rings (SSSR count). The van der Waals surface area contributed by atoms with Gasteiger partial charge in [0, 0.05) is 10.8 Å². The fourth-order valence-electron chi connectivity index (χ4n) is 1.85. The summed E-state index contributed by atoms with van der Waals surface area (Å²) < 4.78 is 0. The van der Waals surface area contributed by atoms with E-state index >= 15 is 0 Å². The molecule has 0 spiro atoms. The van der Waals surface area contributed by atoms with Crippen LogP contribution in [-0.2, 0) is 4.79 Å².